The van der Waals surface area contributed by atoms with E-state index in [9.17, 15) is 5.26 Å². The van der Waals surface area contributed by atoms with Crippen LogP contribution < -0.4 is 9.72 Å². The summed E-state index contributed by atoms with van der Waals surface area (Å²) in [7, 11) is 0. The van der Waals surface area contributed by atoms with Crippen LogP contribution in [0, 0.1) is 29.6 Å². The minimum Gasteiger partial charge on any atom is -0.301 e. The number of aromatic amines is 1. The van der Waals surface area contributed by atoms with Gasteiger partial charge in [-0.1, -0.05) is 42.5 Å². The van der Waals surface area contributed by atoms with Crippen molar-refractivity contribution in [3.05, 3.63) is 76.9 Å². The summed E-state index contributed by atoms with van der Waals surface area (Å²) in [5, 5.41) is 22.5. The molecule has 0 spiro atoms. The minimum absolute atomic E-state index is 0.403. The second-order valence-electron chi connectivity index (χ2n) is 6.76. The first kappa shape index (κ1) is 17.6. The SMILES string of the molecule is Cc1c(CCC#N)c(NCc2ccccc2)[n+]2c([nH]c3ccccc32)c1C#N. The van der Waals surface area contributed by atoms with Crippen LogP contribution in [-0.4, -0.2) is 4.98 Å². The molecule has 2 aromatic heterocycles. The van der Waals surface area contributed by atoms with Crippen LogP contribution in [0.3, 0.4) is 0 Å². The molecular formula is C23H20N5+. The first-order valence-electron chi connectivity index (χ1n) is 9.27. The number of hydrogen-bond donors (Lipinski definition) is 2. The minimum atomic E-state index is 0.403. The molecule has 136 valence electrons. The third-order valence-electron chi connectivity index (χ3n) is 5.10. The highest BCUT2D eigenvalue weighted by atomic mass is 15.1. The summed E-state index contributed by atoms with van der Waals surface area (Å²) in [4.78, 5) is 3.40. The van der Waals surface area contributed by atoms with Gasteiger partial charge in [0.25, 0.3) is 0 Å². The standard InChI is InChI=1S/C23H19N5/c1-16-18(10-7-13-24)22(26-15-17-8-3-2-4-9-17)28-21-12-6-5-11-20(21)27-23(28)19(16)14-25/h2-6,8-9,11-12H,7,10,15H2,1H3,(H,26,27)/p+1. The molecule has 2 heterocycles. The summed E-state index contributed by atoms with van der Waals surface area (Å²) >= 11 is 0. The fourth-order valence-electron chi connectivity index (χ4n) is 3.72. The van der Waals surface area contributed by atoms with Gasteiger partial charge in [0.05, 0.1) is 12.6 Å². The van der Waals surface area contributed by atoms with Gasteiger partial charge in [0.2, 0.25) is 11.5 Å². The van der Waals surface area contributed by atoms with Gasteiger partial charge in [-0.3, -0.25) is 4.98 Å². The lowest BCUT2D eigenvalue weighted by Crippen LogP contribution is -2.29. The van der Waals surface area contributed by atoms with Crippen molar-refractivity contribution in [1.29, 1.82) is 10.5 Å². The van der Waals surface area contributed by atoms with Crippen molar-refractivity contribution < 1.29 is 4.40 Å². The molecule has 0 aliphatic rings. The van der Waals surface area contributed by atoms with Gasteiger partial charge in [-0.05, 0) is 36.6 Å². The molecule has 0 amide bonds. The van der Waals surface area contributed by atoms with Crippen LogP contribution in [0.5, 0.6) is 0 Å². The topological polar surface area (TPSA) is 79.5 Å². The number of pyridine rings is 1. The van der Waals surface area contributed by atoms with Crippen LogP contribution >= 0.6 is 0 Å². The van der Waals surface area contributed by atoms with E-state index in [1.54, 1.807) is 0 Å². The average molecular weight is 366 g/mol. The van der Waals surface area contributed by atoms with E-state index in [1.165, 1.54) is 5.56 Å². The number of rotatable bonds is 5. The normalized spacial score (nSPS) is 10.7. The molecule has 5 nitrogen and oxygen atoms in total. The van der Waals surface area contributed by atoms with Gasteiger partial charge in [-0.15, -0.1) is 0 Å². The van der Waals surface area contributed by atoms with E-state index < -0.39 is 0 Å². The summed E-state index contributed by atoms with van der Waals surface area (Å²) < 4.78 is 2.08. The van der Waals surface area contributed by atoms with Crippen molar-refractivity contribution in [2.24, 2.45) is 0 Å². The predicted molar refractivity (Wildman–Crippen MR) is 109 cm³/mol. The zero-order chi connectivity index (χ0) is 19.5. The van der Waals surface area contributed by atoms with E-state index in [2.05, 4.69) is 39.0 Å². The van der Waals surface area contributed by atoms with Crippen molar-refractivity contribution in [1.82, 2.24) is 4.98 Å². The second kappa shape index (κ2) is 7.42. The Balaban J connectivity index is 1.98. The number of H-pyrrole nitrogens is 1. The number of nitrogens with zero attached hydrogens (tertiary/aromatic N) is 3. The number of nitrogens with one attached hydrogen (secondary N) is 2. The molecule has 2 aromatic carbocycles. The quantitative estimate of drug-likeness (QED) is 0.521. The van der Waals surface area contributed by atoms with E-state index in [0.29, 0.717) is 24.9 Å². The Labute approximate surface area is 163 Å². The fraction of sp³-hybridized carbons (Fsp3) is 0.174. The monoisotopic (exact) mass is 366 g/mol. The van der Waals surface area contributed by atoms with Crippen LogP contribution in [0.25, 0.3) is 16.7 Å². The Hall–Kier alpha value is -3.83. The van der Waals surface area contributed by atoms with E-state index in [0.717, 1.165) is 33.6 Å². The Bertz CT molecular complexity index is 1240. The molecule has 4 aromatic rings. The lowest BCUT2D eigenvalue weighted by atomic mass is 10.0. The number of hydrogen-bond acceptors (Lipinski definition) is 3. The Kier molecular flexibility index (Phi) is 4.66. The summed E-state index contributed by atoms with van der Waals surface area (Å²) in [5.41, 5.74) is 6.47. The average Bonchev–Trinajstić information content (AvgIpc) is 3.11. The molecule has 0 bridgehead atoms. The zero-order valence-electron chi connectivity index (χ0n) is 15.7. The zero-order valence-corrected chi connectivity index (χ0v) is 15.7. The van der Waals surface area contributed by atoms with Gasteiger partial charge in [0, 0.05) is 12.0 Å². The first-order chi connectivity index (χ1) is 13.7. The maximum atomic E-state index is 9.82. The number of anilines is 1. The molecule has 28 heavy (non-hydrogen) atoms. The number of imidazole rings is 1. The second-order valence-corrected chi connectivity index (χ2v) is 6.76. The maximum Gasteiger partial charge on any atom is 0.250 e. The largest absolute Gasteiger partial charge is 0.301 e. The molecule has 4 rings (SSSR count). The lowest BCUT2D eigenvalue weighted by Gasteiger charge is -2.13. The number of fused-ring (bicyclic) bond motifs is 3. The first-order valence-corrected chi connectivity index (χ1v) is 9.27. The lowest BCUT2D eigenvalue weighted by molar-refractivity contribution is -0.465. The van der Waals surface area contributed by atoms with Gasteiger partial charge in [0.15, 0.2) is 0 Å². The predicted octanol–water partition coefficient (Wildman–Crippen LogP) is 4.15. The van der Waals surface area contributed by atoms with Crippen molar-refractivity contribution in [2.75, 3.05) is 5.32 Å². The highest BCUT2D eigenvalue weighted by molar-refractivity contribution is 5.78. The molecule has 0 saturated heterocycles. The summed E-state index contributed by atoms with van der Waals surface area (Å²) in [6.07, 6.45) is 0.997. The molecule has 0 fully saturated rings. The van der Waals surface area contributed by atoms with Crippen LogP contribution in [0.15, 0.2) is 54.6 Å². The third-order valence-corrected chi connectivity index (χ3v) is 5.10. The molecule has 0 aliphatic carbocycles. The molecular weight excluding hydrogens is 346 g/mol. The Morgan fingerprint density at radius 3 is 2.54 bits per heavy atom. The Morgan fingerprint density at radius 2 is 1.79 bits per heavy atom. The number of aromatic nitrogens is 2. The molecule has 0 unspecified atom stereocenters. The molecule has 0 radical (unpaired) electrons. The summed E-state index contributed by atoms with van der Waals surface area (Å²) in [6, 6.07) is 22.8. The number of para-hydroxylation sites is 2. The molecule has 2 N–H and O–H groups in total. The van der Waals surface area contributed by atoms with E-state index in [1.807, 2.05) is 49.4 Å². The van der Waals surface area contributed by atoms with Crippen LogP contribution in [0.1, 0.15) is 28.7 Å². The molecule has 0 atom stereocenters. The summed E-state index contributed by atoms with van der Waals surface area (Å²) in [5.74, 6) is 0.933. The van der Waals surface area contributed by atoms with Crippen LogP contribution in [-0.2, 0) is 13.0 Å². The number of nitriles is 2. The van der Waals surface area contributed by atoms with Gasteiger partial charge < -0.3 is 5.32 Å². The summed E-state index contributed by atoms with van der Waals surface area (Å²) in [6.45, 7) is 2.62. The van der Waals surface area contributed by atoms with Crippen molar-refractivity contribution in [3.63, 3.8) is 0 Å². The number of benzene rings is 2. The van der Waals surface area contributed by atoms with Gasteiger partial charge >= 0.3 is 0 Å². The van der Waals surface area contributed by atoms with Gasteiger partial charge in [-0.2, -0.15) is 14.9 Å². The maximum absolute atomic E-state index is 9.82. The van der Waals surface area contributed by atoms with E-state index in [4.69, 9.17) is 5.26 Å². The highest BCUT2D eigenvalue weighted by Gasteiger charge is 2.25. The van der Waals surface area contributed by atoms with E-state index >= 15 is 0 Å². The van der Waals surface area contributed by atoms with E-state index in [-0.39, 0.29) is 0 Å². The highest BCUT2D eigenvalue weighted by Crippen LogP contribution is 2.26. The van der Waals surface area contributed by atoms with Crippen LogP contribution in [0.2, 0.25) is 0 Å². The smallest absolute Gasteiger partial charge is 0.250 e. The Morgan fingerprint density at radius 1 is 1.04 bits per heavy atom. The van der Waals surface area contributed by atoms with Crippen LogP contribution in [0.4, 0.5) is 5.82 Å². The molecule has 0 aliphatic heterocycles. The molecule has 0 saturated carbocycles. The van der Waals surface area contributed by atoms with Crippen molar-refractivity contribution in [2.45, 2.75) is 26.3 Å². The van der Waals surface area contributed by atoms with Crippen molar-refractivity contribution >= 4 is 22.5 Å². The molecule has 5 heteroatoms. The van der Waals surface area contributed by atoms with Gasteiger partial charge in [-0.25, -0.2) is 0 Å². The fourth-order valence-corrected chi connectivity index (χ4v) is 3.72. The van der Waals surface area contributed by atoms with Gasteiger partial charge in [0.1, 0.15) is 22.7 Å². The third kappa shape index (κ3) is 2.94. The van der Waals surface area contributed by atoms with Crippen molar-refractivity contribution in [3.8, 4) is 12.1 Å².